The molecular formula is C19H17O2. The first-order valence-corrected chi connectivity index (χ1v) is 7.15. The van der Waals surface area contributed by atoms with Crippen LogP contribution in [0, 0.1) is 6.92 Å². The monoisotopic (exact) mass is 277 g/mol. The van der Waals surface area contributed by atoms with Crippen LogP contribution in [0.5, 0.6) is 0 Å². The highest BCUT2D eigenvalue weighted by Gasteiger charge is 2.23. The number of hydrogen-bond acceptors (Lipinski definition) is 1. The number of fused-ring (bicyclic) bond motifs is 2. The molecule has 3 aromatic rings. The minimum atomic E-state index is -0.778. The first-order valence-electron chi connectivity index (χ1n) is 7.15. The number of hydrogen-bond donors (Lipinski definition) is 1. The van der Waals surface area contributed by atoms with E-state index in [0.29, 0.717) is 12.8 Å². The van der Waals surface area contributed by atoms with E-state index in [1.807, 2.05) is 48.5 Å². The van der Waals surface area contributed by atoms with Gasteiger partial charge >= 0.3 is 5.97 Å². The smallest absolute Gasteiger partial charge is 0.311 e. The minimum absolute atomic E-state index is 0.515. The van der Waals surface area contributed by atoms with Crippen molar-refractivity contribution in [3.05, 3.63) is 67.1 Å². The Morgan fingerprint density at radius 3 is 2.00 bits per heavy atom. The van der Waals surface area contributed by atoms with Crippen molar-refractivity contribution in [2.45, 2.75) is 18.8 Å². The Labute approximate surface area is 124 Å². The van der Waals surface area contributed by atoms with Gasteiger partial charge in [0.15, 0.2) is 0 Å². The normalized spacial score (nSPS) is 12.6. The Kier molecular flexibility index (Phi) is 3.61. The molecule has 2 heteroatoms. The van der Waals surface area contributed by atoms with Crippen molar-refractivity contribution >= 4 is 27.5 Å². The average Bonchev–Trinajstić information content (AvgIpc) is 2.50. The molecule has 0 aliphatic rings. The van der Waals surface area contributed by atoms with Gasteiger partial charge < -0.3 is 5.11 Å². The second-order valence-electron chi connectivity index (χ2n) is 5.27. The van der Waals surface area contributed by atoms with Gasteiger partial charge in [0.05, 0.1) is 5.92 Å². The molecule has 0 bridgehead atoms. The van der Waals surface area contributed by atoms with Gasteiger partial charge in [0.25, 0.3) is 0 Å². The van der Waals surface area contributed by atoms with Crippen molar-refractivity contribution < 1.29 is 9.90 Å². The Bertz CT molecular complexity index is 751. The zero-order valence-corrected chi connectivity index (χ0v) is 11.8. The number of benzene rings is 3. The Morgan fingerprint density at radius 2 is 1.52 bits per heavy atom. The van der Waals surface area contributed by atoms with Crippen molar-refractivity contribution in [3.63, 3.8) is 0 Å². The Hall–Kier alpha value is -2.35. The van der Waals surface area contributed by atoms with E-state index in [1.54, 1.807) is 0 Å². The fourth-order valence-corrected chi connectivity index (χ4v) is 3.02. The topological polar surface area (TPSA) is 37.3 Å². The lowest BCUT2D eigenvalue weighted by molar-refractivity contribution is -0.138. The summed E-state index contributed by atoms with van der Waals surface area (Å²) in [5.41, 5.74) is 0.917. The van der Waals surface area contributed by atoms with Gasteiger partial charge in [-0.1, -0.05) is 61.9 Å². The van der Waals surface area contributed by atoms with Crippen LogP contribution in [0.1, 0.15) is 24.3 Å². The molecule has 0 amide bonds. The molecule has 0 saturated carbocycles. The molecule has 21 heavy (non-hydrogen) atoms. The van der Waals surface area contributed by atoms with E-state index in [0.717, 1.165) is 27.1 Å². The van der Waals surface area contributed by atoms with Crippen molar-refractivity contribution in [1.82, 2.24) is 0 Å². The molecule has 0 heterocycles. The zero-order chi connectivity index (χ0) is 14.8. The van der Waals surface area contributed by atoms with Gasteiger partial charge in [0, 0.05) is 0 Å². The van der Waals surface area contributed by atoms with Crippen LogP contribution in [0.2, 0.25) is 0 Å². The van der Waals surface area contributed by atoms with Gasteiger partial charge in [0.2, 0.25) is 0 Å². The van der Waals surface area contributed by atoms with Crippen LogP contribution in [0.15, 0.2) is 54.6 Å². The van der Waals surface area contributed by atoms with Crippen LogP contribution in [-0.4, -0.2) is 11.1 Å². The lowest BCUT2D eigenvalue weighted by Crippen LogP contribution is -2.12. The summed E-state index contributed by atoms with van der Waals surface area (Å²) in [5, 5.41) is 13.9. The molecule has 3 aromatic carbocycles. The molecule has 2 nitrogen and oxygen atoms in total. The van der Waals surface area contributed by atoms with Gasteiger partial charge in [-0.25, -0.2) is 0 Å². The molecule has 1 atom stereocenters. The average molecular weight is 277 g/mol. The fraction of sp³-hybridized carbons (Fsp3) is 0.158. The van der Waals surface area contributed by atoms with Gasteiger partial charge in [-0.15, -0.1) is 0 Å². The molecule has 0 aliphatic heterocycles. The molecule has 0 fully saturated rings. The number of carboxylic acid groups (broad SMARTS) is 1. The lowest BCUT2D eigenvalue weighted by atomic mass is 9.86. The van der Waals surface area contributed by atoms with Crippen molar-refractivity contribution in [1.29, 1.82) is 0 Å². The molecule has 3 rings (SSSR count). The van der Waals surface area contributed by atoms with E-state index >= 15 is 0 Å². The summed E-state index contributed by atoms with van der Waals surface area (Å²) < 4.78 is 0. The summed E-state index contributed by atoms with van der Waals surface area (Å²) in [5.74, 6) is -1.29. The molecule has 0 aromatic heterocycles. The van der Waals surface area contributed by atoms with Crippen molar-refractivity contribution in [2.75, 3.05) is 0 Å². The molecule has 105 valence electrons. The van der Waals surface area contributed by atoms with E-state index in [1.165, 1.54) is 0 Å². The maximum atomic E-state index is 11.7. The highest BCUT2D eigenvalue weighted by molar-refractivity contribution is 6.05. The standard InChI is InChI=1S/C19H17O2/c1-2-7-17(19(20)21)18-15-10-5-3-8-13(15)12-14-9-4-6-11-16(14)18/h3-6,8-12,17H,1-2,7H2,(H,20,21). The molecule has 0 aliphatic carbocycles. The number of rotatable bonds is 4. The number of carboxylic acids is 1. The first kappa shape index (κ1) is 13.6. The van der Waals surface area contributed by atoms with E-state index < -0.39 is 11.9 Å². The Balaban J connectivity index is 2.41. The largest absolute Gasteiger partial charge is 0.481 e. The van der Waals surface area contributed by atoms with Crippen LogP contribution in [0.4, 0.5) is 0 Å². The third-order valence-electron chi connectivity index (χ3n) is 3.95. The fourth-order valence-electron chi connectivity index (χ4n) is 3.02. The first-order chi connectivity index (χ1) is 10.2. The van der Waals surface area contributed by atoms with E-state index in [-0.39, 0.29) is 0 Å². The summed E-state index contributed by atoms with van der Waals surface area (Å²) >= 11 is 0. The van der Waals surface area contributed by atoms with Crippen LogP contribution < -0.4 is 0 Å². The summed E-state index contributed by atoms with van der Waals surface area (Å²) in [6.45, 7) is 3.83. The van der Waals surface area contributed by atoms with Gasteiger partial charge in [-0.3, -0.25) is 4.79 Å². The predicted octanol–water partition coefficient (Wildman–Crippen LogP) is 4.78. The molecule has 0 saturated heterocycles. The quantitative estimate of drug-likeness (QED) is 0.697. The SMILES string of the molecule is [CH2]CCC(C(=O)O)c1c2ccccc2cc2ccccc12. The summed E-state index contributed by atoms with van der Waals surface area (Å²) in [6, 6.07) is 18.1. The second-order valence-corrected chi connectivity index (χ2v) is 5.27. The maximum absolute atomic E-state index is 11.7. The Morgan fingerprint density at radius 1 is 1.00 bits per heavy atom. The number of carbonyl (C=O) groups is 1. The summed E-state index contributed by atoms with van der Waals surface area (Å²) in [7, 11) is 0. The van der Waals surface area contributed by atoms with Crippen LogP contribution in [-0.2, 0) is 4.79 Å². The third-order valence-corrected chi connectivity index (χ3v) is 3.95. The summed E-state index contributed by atoms with van der Waals surface area (Å²) in [6.07, 6.45) is 1.15. The lowest BCUT2D eigenvalue weighted by Gasteiger charge is -2.17. The van der Waals surface area contributed by atoms with Crippen LogP contribution in [0.25, 0.3) is 21.5 Å². The molecule has 0 spiro atoms. The minimum Gasteiger partial charge on any atom is -0.481 e. The van der Waals surface area contributed by atoms with E-state index in [4.69, 9.17) is 0 Å². The molecule has 1 radical (unpaired) electrons. The zero-order valence-electron chi connectivity index (χ0n) is 11.8. The van der Waals surface area contributed by atoms with Crippen molar-refractivity contribution in [2.24, 2.45) is 0 Å². The highest BCUT2D eigenvalue weighted by atomic mass is 16.4. The van der Waals surface area contributed by atoms with E-state index in [2.05, 4.69) is 13.0 Å². The predicted molar refractivity (Wildman–Crippen MR) is 86.4 cm³/mol. The highest BCUT2D eigenvalue weighted by Crippen LogP contribution is 2.35. The summed E-state index contributed by atoms with van der Waals surface area (Å²) in [4.78, 5) is 11.7. The molecular weight excluding hydrogens is 260 g/mol. The van der Waals surface area contributed by atoms with Gasteiger partial charge in [-0.2, -0.15) is 0 Å². The van der Waals surface area contributed by atoms with Crippen molar-refractivity contribution in [3.8, 4) is 0 Å². The third kappa shape index (κ3) is 2.38. The van der Waals surface area contributed by atoms with Gasteiger partial charge in [0.1, 0.15) is 0 Å². The van der Waals surface area contributed by atoms with Gasteiger partial charge in [-0.05, 0) is 39.6 Å². The van der Waals surface area contributed by atoms with Crippen LogP contribution in [0.3, 0.4) is 0 Å². The second kappa shape index (κ2) is 5.57. The number of aliphatic carboxylic acids is 1. The van der Waals surface area contributed by atoms with Crippen LogP contribution >= 0.6 is 0 Å². The van der Waals surface area contributed by atoms with E-state index in [9.17, 15) is 9.90 Å². The maximum Gasteiger partial charge on any atom is 0.311 e. The molecule has 1 unspecified atom stereocenters. The molecule has 1 N–H and O–H groups in total.